The molecule has 4 heterocycles. The van der Waals surface area contributed by atoms with Gasteiger partial charge in [0.05, 0.1) is 18.3 Å². The van der Waals surface area contributed by atoms with Crippen LogP contribution in [0, 0.1) is 6.92 Å². The number of piperazine rings is 1. The van der Waals surface area contributed by atoms with Crippen LogP contribution < -0.4 is 15.1 Å². The van der Waals surface area contributed by atoms with E-state index in [2.05, 4.69) is 38.0 Å². The van der Waals surface area contributed by atoms with Crippen LogP contribution in [0.25, 0.3) is 10.9 Å². The summed E-state index contributed by atoms with van der Waals surface area (Å²) in [6, 6.07) is 13.8. The second-order valence-corrected chi connectivity index (χ2v) is 9.47. The van der Waals surface area contributed by atoms with Gasteiger partial charge in [-0.15, -0.1) is 0 Å². The maximum absolute atomic E-state index is 6.15. The Morgan fingerprint density at radius 2 is 1.94 bits per heavy atom. The third kappa shape index (κ3) is 5.71. The van der Waals surface area contributed by atoms with Gasteiger partial charge in [-0.3, -0.25) is 4.98 Å². The molecule has 0 amide bonds. The minimum atomic E-state index is 0.591. The van der Waals surface area contributed by atoms with Crippen molar-refractivity contribution >= 4 is 40.0 Å². The Morgan fingerprint density at radius 3 is 2.72 bits per heavy atom. The topological polar surface area (TPSA) is 73.6 Å². The van der Waals surface area contributed by atoms with Crippen LogP contribution in [0.15, 0.2) is 59.3 Å². The molecule has 8 nitrogen and oxygen atoms in total. The highest BCUT2D eigenvalue weighted by atomic mass is 35.5. The van der Waals surface area contributed by atoms with Crippen molar-refractivity contribution in [1.29, 1.82) is 0 Å². The summed E-state index contributed by atoms with van der Waals surface area (Å²) in [7, 11) is 0. The van der Waals surface area contributed by atoms with Crippen molar-refractivity contribution in [3.8, 4) is 0 Å². The smallest absolute Gasteiger partial charge is 0.227 e. The van der Waals surface area contributed by atoms with E-state index in [9.17, 15) is 0 Å². The van der Waals surface area contributed by atoms with E-state index in [1.54, 1.807) is 12.5 Å². The minimum absolute atomic E-state index is 0.591. The lowest BCUT2D eigenvalue weighted by molar-refractivity contribution is 0.270. The highest BCUT2D eigenvalue weighted by Gasteiger charge is 2.20. The lowest BCUT2D eigenvalue weighted by Gasteiger charge is -2.35. The number of aryl methyl sites for hydroxylation is 1. The number of nitrogens with zero attached hydrogens (tertiary/aromatic N) is 6. The highest BCUT2D eigenvalue weighted by Crippen LogP contribution is 2.25. The third-order valence-electron chi connectivity index (χ3n) is 6.58. The van der Waals surface area contributed by atoms with E-state index in [1.165, 1.54) is 0 Å². The number of hydrogen-bond acceptors (Lipinski definition) is 8. The van der Waals surface area contributed by atoms with Gasteiger partial charge in [-0.05, 0) is 49.9 Å². The van der Waals surface area contributed by atoms with Crippen molar-refractivity contribution < 1.29 is 4.42 Å². The van der Waals surface area contributed by atoms with Crippen LogP contribution in [-0.2, 0) is 6.54 Å². The standard InChI is InChI=1S/C27H32ClN7O/c1-3-33-12-14-34(15-13-33)26-17-20(2)31-27(32-26)35(19-22-5-4-16-36-22)11-10-30-24-8-9-29-25-18-21(28)6-7-23(24)25/h4-9,16-18H,3,10-15,19H2,1-2H3,(H,29,30). The Kier molecular flexibility index (Phi) is 7.53. The molecule has 0 aliphatic carbocycles. The van der Waals surface area contributed by atoms with Crippen molar-refractivity contribution in [2.24, 2.45) is 0 Å². The number of benzene rings is 1. The summed E-state index contributed by atoms with van der Waals surface area (Å²) in [6.45, 7) is 11.4. The molecule has 188 valence electrons. The molecule has 0 unspecified atom stereocenters. The van der Waals surface area contributed by atoms with Gasteiger partial charge in [-0.2, -0.15) is 4.98 Å². The van der Waals surface area contributed by atoms with E-state index in [0.29, 0.717) is 30.6 Å². The normalized spacial score (nSPS) is 14.4. The second-order valence-electron chi connectivity index (χ2n) is 9.04. The zero-order chi connectivity index (χ0) is 24.9. The summed E-state index contributed by atoms with van der Waals surface area (Å²) in [6.07, 6.45) is 3.51. The van der Waals surface area contributed by atoms with E-state index in [-0.39, 0.29) is 0 Å². The van der Waals surface area contributed by atoms with Crippen LogP contribution in [0.1, 0.15) is 18.4 Å². The number of aromatic nitrogens is 3. The second kappa shape index (κ2) is 11.1. The average molecular weight is 506 g/mol. The van der Waals surface area contributed by atoms with Gasteiger partial charge in [0.25, 0.3) is 0 Å². The molecule has 4 aromatic rings. The van der Waals surface area contributed by atoms with Crippen LogP contribution in [-0.4, -0.2) is 65.7 Å². The van der Waals surface area contributed by atoms with Gasteiger partial charge >= 0.3 is 0 Å². The fraction of sp³-hybridized carbons (Fsp3) is 0.370. The van der Waals surface area contributed by atoms with Gasteiger partial charge in [-0.1, -0.05) is 18.5 Å². The number of halogens is 1. The molecule has 1 aliphatic heterocycles. The zero-order valence-electron chi connectivity index (χ0n) is 20.8. The number of rotatable bonds is 9. The number of fused-ring (bicyclic) bond motifs is 1. The predicted molar refractivity (Wildman–Crippen MR) is 146 cm³/mol. The van der Waals surface area contributed by atoms with Gasteiger partial charge in [0.2, 0.25) is 5.95 Å². The number of hydrogen-bond donors (Lipinski definition) is 1. The molecule has 1 aromatic carbocycles. The molecule has 0 radical (unpaired) electrons. The Morgan fingerprint density at radius 1 is 1.08 bits per heavy atom. The van der Waals surface area contributed by atoms with Crippen molar-refractivity contribution in [3.05, 3.63) is 71.4 Å². The minimum Gasteiger partial charge on any atom is -0.467 e. The lowest BCUT2D eigenvalue weighted by Crippen LogP contribution is -2.46. The Balaban J connectivity index is 1.34. The lowest BCUT2D eigenvalue weighted by atomic mass is 10.2. The van der Waals surface area contributed by atoms with E-state index in [0.717, 1.165) is 66.6 Å². The maximum atomic E-state index is 6.15. The van der Waals surface area contributed by atoms with E-state index >= 15 is 0 Å². The summed E-state index contributed by atoms with van der Waals surface area (Å²) in [5.41, 5.74) is 2.85. The molecule has 9 heteroatoms. The van der Waals surface area contributed by atoms with Crippen molar-refractivity contribution in [2.45, 2.75) is 20.4 Å². The van der Waals surface area contributed by atoms with Crippen molar-refractivity contribution in [3.63, 3.8) is 0 Å². The van der Waals surface area contributed by atoms with Gasteiger partial charge in [-0.25, -0.2) is 4.98 Å². The summed E-state index contributed by atoms with van der Waals surface area (Å²) in [4.78, 5) is 21.3. The van der Waals surface area contributed by atoms with E-state index < -0.39 is 0 Å². The number of furan rings is 1. The molecule has 1 aliphatic rings. The first kappa shape index (κ1) is 24.3. The first-order valence-corrected chi connectivity index (χ1v) is 12.9. The zero-order valence-corrected chi connectivity index (χ0v) is 21.6. The maximum Gasteiger partial charge on any atom is 0.227 e. The summed E-state index contributed by atoms with van der Waals surface area (Å²) in [5.74, 6) is 2.58. The van der Waals surface area contributed by atoms with Crippen LogP contribution in [0.3, 0.4) is 0 Å². The number of nitrogens with one attached hydrogen (secondary N) is 1. The molecule has 3 aromatic heterocycles. The predicted octanol–water partition coefficient (Wildman–Crippen LogP) is 4.84. The van der Waals surface area contributed by atoms with Gasteiger partial charge in [0.15, 0.2) is 0 Å². The number of likely N-dealkylation sites (N-methyl/N-ethyl adjacent to an activating group) is 1. The van der Waals surface area contributed by atoms with Crippen LogP contribution in [0.2, 0.25) is 5.02 Å². The molecular formula is C27H32ClN7O. The number of pyridine rings is 1. The van der Waals surface area contributed by atoms with E-state index in [1.807, 2.05) is 43.3 Å². The molecule has 0 saturated carbocycles. The van der Waals surface area contributed by atoms with Crippen LogP contribution in [0.5, 0.6) is 0 Å². The fourth-order valence-electron chi connectivity index (χ4n) is 4.57. The summed E-state index contributed by atoms with van der Waals surface area (Å²) in [5, 5.41) is 5.29. The van der Waals surface area contributed by atoms with Crippen molar-refractivity contribution in [1.82, 2.24) is 19.9 Å². The Hall–Kier alpha value is -3.36. The SMILES string of the molecule is CCN1CCN(c2cc(C)nc(N(CCNc3ccnc4cc(Cl)ccc34)Cc3ccco3)n2)CC1. The Bertz CT molecular complexity index is 1290. The fourth-order valence-corrected chi connectivity index (χ4v) is 4.74. The molecule has 5 rings (SSSR count). The molecular weight excluding hydrogens is 474 g/mol. The molecule has 0 spiro atoms. The van der Waals surface area contributed by atoms with Gasteiger partial charge in [0, 0.05) is 73.3 Å². The number of anilines is 3. The molecule has 0 bridgehead atoms. The first-order valence-electron chi connectivity index (χ1n) is 12.5. The van der Waals surface area contributed by atoms with Crippen LogP contribution >= 0.6 is 11.6 Å². The van der Waals surface area contributed by atoms with Crippen molar-refractivity contribution in [2.75, 3.05) is 60.9 Å². The van der Waals surface area contributed by atoms with Crippen LogP contribution in [0.4, 0.5) is 17.5 Å². The molecule has 1 N–H and O–H groups in total. The quantitative estimate of drug-likeness (QED) is 0.346. The molecule has 1 saturated heterocycles. The Labute approximate surface area is 216 Å². The van der Waals surface area contributed by atoms with E-state index in [4.69, 9.17) is 26.0 Å². The summed E-state index contributed by atoms with van der Waals surface area (Å²) < 4.78 is 5.67. The molecule has 0 atom stereocenters. The van der Waals surface area contributed by atoms with Gasteiger partial charge < -0.3 is 24.4 Å². The summed E-state index contributed by atoms with van der Waals surface area (Å²) >= 11 is 6.15. The highest BCUT2D eigenvalue weighted by molar-refractivity contribution is 6.31. The monoisotopic (exact) mass is 505 g/mol. The molecule has 1 fully saturated rings. The third-order valence-corrected chi connectivity index (χ3v) is 6.82. The average Bonchev–Trinajstić information content (AvgIpc) is 3.41. The van der Waals surface area contributed by atoms with Gasteiger partial charge in [0.1, 0.15) is 11.6 Å². The molecule has 36 heavy (non-hydrogen) atoms. The first-order chi connectivity index (χ1) is 17.6. The largest absolute Gasteiger partial charge is 0.467 e.